The minimum absolute atomic E-state index is 0.0337. The summed E-state index contributed by atoms with van der Waals surface area (Å²) in [7, 11) is 1.64. The molecule has 5 rings (SSSR count). The summed E-state index contributed by atoms with van der Waals surface area (Å²) in [5, 5.41) is 5.92. The third-order valence-electron chi connectivity index (χ3n) is 6.92. The largest absolute Gasteiger partial charge is 0.489 e. The van der Waals surface area contributed by atoms with Crippen molar-refractivity contribution in [2.45, 2.75) is 45.7 Å². The van der Waals surface area contributed by atoms with Gasteiger partial charge in [0.1, 0.15) is 23.4 Å². The smallest absolute Gasteiger partial charge is 0.343 e. The van der Waals surface area contributed by atoms with Gasteiger partial charge in [0.2, 0.25) is 0 Å². The van der Waals surface area contributed by atoms with Gasteiger partial charge in [0.15, 0.2) is 5.43 Å². The Morgan fingerprint density at radius 3 is 2.85 bits per heavy atom. The fourth-order valence-corrected chi connectivity index (χ4v) is 5.44. The summed E-state index contributed by atoms with van der Waals surface area (Å²) in [5.41, 5.74) is 2.11. The first-order valence-corrected chi connectivity index (χ1v) is 11.4. The predicted molar refractivity (Wildman–Crippen MR) is 124 cm³/mol. The van der Waals surface area contributed by atoms with Gasteiger partial charge >= 0.3 is 5.97 Å². The highest BCUT2D eigenvalue weighted by molar-refractivity contribution is 5.97. The first kappa shape index (κ1) is 21.7. The van der Waals surface area contributed by atoms with Crippen LogP contribution in [0.5, 0.6) is 5.75 Å². The number of pyridine rings is 1. The zero-order valence-corrected chi connectivity index (χ0v) is 19.5. The lowest BCUT2D eigenvalue weighted by Gasteiger charge is -2.39. The van der Waals surface area contributed by atoms with E-state index in [1.54, 1.807) is 26.3 Å². The quantitative estimate of drug-likeness (QED) is 0.416. The maximum atomic E-state index is 13.0. The summed E-state index contributed by atoms with van der Waals surface area (Å²) < 4.78 is 20.4. The molecule has 174 valence electrons. The molecule has 2 aromatic heterocycles. The molecule has 8 nitrogen and oxygen atoms in total. The molecular formula is C25H29N3O5. The molecule has 2 aliphatic rings. The molecule has 1 aliphatic heterocycles. The van der Waals surface area contributed by atoms with Crippen molar-refractivity contribution in [3.8, 4) is 17.1 Å². The zero-order chi connectivity index (χ0) is 23.3. The Kier molecular flexibility index (Phi) is 5.28. The first-order valence-electron chi connectivity index (χ1n) is 11.4. The Balaban J connectivity index is 1.75. The molecule has 2 unspecified atom stereocenters. The van der Waals surface area contributed by atoms with Gasteiger partial charge in [0, 0.05) is 24.8 Å². The second kappa shape index (κ2) is 8.02. The van der Waals surface area contributed by atoms with E-state index in [2.05, 4.69) is 23.1 Å². The van der Waals surface area contributed by atoms with Gasteiger partial charge in [-0.3, -0.25) is 9.48 Å². The maximum Gasteiger partial charge on any atom is 0.343 e. The van der Waals surface area contributed by atoms with Crippen LogP contribution < -0.4 is 10.2 Å². The number of carbonyl (C=O) groups is 1. The van der Waals surface area contributed by atoms with Crippen LogP contribution in [-0.4, -0.2) is 47.2 Å². The molecule has 0 spiro atoms. The van der Waals surface area contributed by atoms with Crippen molar-refractivity contribution >= 4 is 16.9 Å². The predicted octanol–water partition coefficient (Wildman–Crippen LogP) is 3.98. The third kappa shape index (κ3) is 3.35. The van der Waals surface area contributed by atoms with Gasteiger partial charge in [-0.2, -0.15) is 5.10 Å². The normalized spacial score (nSPS) is 20.2. The van der Waals surface area contributed by atoms with Gasteiger partial charge in [-0.1, -0.05) is 26.0 Å². The molecule has 0 amide bonds. The average Bonchev–Trinajstić information content (AvgIpc) is 3.32. The van der Waals surface area contributed by atoms with E-state index in [0.29, 0.717) is 19.0 Å². The second-order valence-electron chi connectivity index (χ2n) is 9.39. The number of ether oxygens (including phenoxy) is 3. The van der Waals surface area contributed by atoms with Gasteiger partial charge in [-0.05, 0) is 31.2 Å². The Labute approximate surface area is 192 Å². The summed E-state index contributed by atoms with van der Waals surface area (Å²) in [6.07, 6.45) is 3.66. The lowest BCUT2D eigenvalue weighted by molar-refractivity contribution is 0.0522. The molecule has 1 aliphatic carbocycles. The monoisotopic (exact) mass is 451 g/mol. The zero-order valence-electron chi connectivity index (χ0n) is 19.5. The topological polar surface area (TPSA) is 84.6 Å². The van der Waals surface area contributed by atoms with E-state index in [-0.39, 0.29) is 35.1 Å². The van der Waals surface area contributed by atoms with Crippen LogP contribution in [-0.2, 0) is 9.47 Å². The van der Waals surface area contributed by atoms with Crippen LogP contribution in [0.2, 0.25) is 0 Å². The SMILES string of the molecule is CCOC(=O)c1cn2c(cc1=O)-c1c3cccc(OCCOC)c3nn1C1CCC(C)(C)C12. The van der Waals surface area contributed by atoms with Crippen LogP contribution in [0, 0.1) is 5.41 Å². The van der Waals surface area contributed by atoms with Crippen molar-refractivity contribution in [1.82, 2.24) is 14.3 Å². The van der Waals surface area contributed by atoms with Crippen LogP contribution >= 0.6 is 0 Å². The first-order chi connectivity index (χ1) is 15.9. The molecule has 0 radical (unpaired) electrons. The number of nitrogens with zero attached hydrogens (tertiary/aromatic N) is 3. The molecule has 8 heteroatoms. The van der Waals surface area contributed by atoms with Crippen LogP contribution in [0.15, 0.2) is 35.3 Å². The highest BCUT2D eigenvalue weighted by atomic mass is 16.5. The Bertz CT molecular complexity index is 1290. The third-order valence-corrected chi connectivity index (χ3v) is 6.92. The molecule has 1 fully saturated rings. The highest BCUT2D eigenvalue weighted by Crippen LogP contribution is 2.56. The van der Waals surface area contributed by atoms with Crippen molar-refractivity contribution in [2.75, 3.05) is 26.9 Å². The number of carbonyl (C=O) groups excluding carboxylic acids is 1. The van der Waals surface area contributed by atoms with Crippen LogP contribution in [0.4, 0.5) is 0 Å². The van der Waals surface area contributed by atoms with Gasteiger partial charge in [0.05, 0.1) is 36.7 Å². The molecule has 3 heterocycles. The molecule has 0 bridgehead atoms. The summed E-state index contributed by atoms with van der Waals surface area (Å²) in [5.74, 6) is 0.111. The summed E-state index contributed by atoms with van der Waals surface area (Å²) in [6.45, 7) is 7.34. The highest BCUT2D eigenvalue weighted by Gasteiger charge is 2.48. The molecule has 1 saturated carbocycles. The van der Waals surface area contributed by atoms with E-state index in [9.17, 15) is 9.59 Å². The molecule has 2 atom stereocenters. The number of methoxy groups -OCH3 is 1. The van der Waals surface area contributed by atoms with Gasteiger partial charge in [0.25, 0.3) is 0 Å². The molecule has 1 aromatic carbocycles. The number of hydrogen-bond acceptors (Lipinski definition) is 6. The summed E-state index contributed by atoms with van der Waals surface area (Å²) in [6, 6.07) is 7.57. The molecule has 33 heavy (non-hydrogen) atoms. The fourth-order valence-electron chi connectivity index (χ4n) is 5.44. The van der Waals surface area contributed by atoms with Crippen LogP contribution in [0.25, 0.3) is 22.3 Å². The van der Waals surface area contributed by atoms with Gasteiger partial charge in [-0.25, -0.2) is 4.79 Å². The molecule has 0 N–H and O–H groups in total. The van der Waals surface area contributed by atoms with Crippen molar-refractivity contribution in [2.24, 2.45) is 5.41 Å². The minimum atomic E-state index is -0.581. The van der Waals surface area contributed by atoms with E-state index in [1.807, 2.05) is 18.2 Å². The van der Waals surface area contributed by atoms with Crippen LogP contribution in [0.3, 0.4) is 0 Å². The van der Waals surface area contributed by atoms with Crippen LogP contribution in [0.1, 0.15) is 56.1 Å². The molecular weight excluding hydrogens is 422 g/mol. The number of fused-ring (bicyclic) bond motifs is 8. The fraction of sp³-hybridized carbons (Fsp3) is 0.480. The summed E-state index contributed by atoms with van der Waals surface area (Å²) >= 11 is 0. The maximum absolute atomic E-state index is 13.0. The number of rotatable bonds is 6. The van der Waals surface area contributed by atoms with E-state index in [4.69, 9.17) is 19.3 Å². The molecule has 3 aromatic rings. The second-order valence-corrected chi connectivity index (χ2v) is 9.39. The lowest BCUT2D eigenvalue weighted by Crippen LogP contribution is -2.35. The van der Waals surface area contributed by atoms with Crippen molar-refractivity contribution in [3.63, 3.8) is 0 Å². The molecule has 0 saturated heterocycles. The van der Waals surface area contributed by atoms with Crippen molar-refractivity contribution < 1.29 is 19.0 Å². The number of aromatic nitrogens is 3. The van der Waals surface area contributed by atoms with E-state index in [0.717, 1.165) is 35.1 Å². The van der Waals surface area contributed by atoms with Crippen molar-refractivity contribution in [3.05, 3.63) is 46.2 Å². The van der Waals surface area contributed by atoms with Gasteiger partial charge in [-0.15, -0.1) is 0 Å². The van der Waals surface area contributed by atoms with Gasteiger partial charge < -0.3 is 18.8 Å². The lowest BCUT2D eigenvalue weighted by atomic mass is 9.84. The Hall–Kier alpha value is -3.13. The Morgan fingerprint density at radius 2 is 2.09 bits per heavy atom. The van der Waals surface area contributed by atoms with Crippen molar-refractivity contribution in [1.29, 1.82) is 0 Å². The minimum Gasteiger partial charge on any atom is -0.489 e. The van der Waals surface area contributed by atoms with E-state index in [1.165, 1.54) is 0 Å². The number of hydrogen-bond donors (Lipinski definition) is 0. The average molecular weight is 452 g/mol. The Morgan fingerprint density at radius 1 is 1.27 bits per heavy atom. The van der Waals surface area contributed by atoms with E-state index >= 15 is 0 Å². The standard InChI is InChI=1S/C25H29N3O5/c1-5-32-24(30)16-14-27-18(13-19(16)29)22-15-7-6-8-20(33-12-11-31-4)21(15)26-28(22)17-9-10-25(2,3)23(17)27/h6-8,13-14,17,23H,5,9-12H2,1-4H3. The van der Waals surface area contributed by atoms with E-state index < -0.39 is 5.97 Å². The number of esters is 1. The number of benzene rings is 1. The summed E-state index contributed by atoms with van der Waals surface area (Å²) in [4.78, 5) is 25.5.